The Hall–Kier alpha value is -2.00. The van der Waals surface area contributed by atoms with Gasteiger partial charge in [-0.25, -0.2) is 14.8 Å². The molecule has 0 saturated carbocycles. The van der Waals surface area contributed by atoms with Crippen LogP contribution in [0.25, 0.3) is 5.78 Å². The van der Waals surface area contributed by atoms with Crippen LogP contribution in [0.5, 0.6) is 0 Å². The first kappa shape index (κ1) is 6.69. The number of isocyanates is 1. The first-order chi connectivity index (χ1) is 5.90. The van der Waals surface area contributed by atoms with Gasteiger partial charge in [0, 0.05) is 18.6 Å². The van der Waals surface area contributed by atoms with Crippen molar-refractivity contribution >= 4 is 17.5 Å². The fraction of sp³-hybridized carbons (Fsp3) is 0. The summed E-state index contributed by atoms with van der Waals surface area (Å²) in [5.41, 5.74) is 0.468. The van der Waals surface area contributed by atoms with Crippen molar-refractivity contribution in [1.82, 2.24) is 14.4 Å². The highest BCUT2D eigenvalue weighted by molar-refractivity contribution is 5.48. The minimum Gasteiger partial charge on any atom is -0.289 e. The maximum absolute atomic E-state index is 9.90. The monoisotopic (exact) mass is 160 g/mol. The van der Waals surface area contributed by atoms with E-state index in [1.54, 1.807) is 23.0 Å². The van der Waals surface area contributed by atoms with Crippen LogP contribution in [0.3, 0.4) is 0 Å². The topological polar surface area (TPSA) is 59.6 Å². The van der Waals surface area contributed by atoms with Crippen molar-refractivity contribution in [2.75, 3.05) is 0 Å². The molecular formula is C7H4N4O. The Morgan fingerprint density at radius 2 is 2.42 bits per heavy atom. The number of fused-ring (bicyclic) bond motifs is 1. The number of nitrogens with zero attached hydrogens (tertiary/aromatic N) is 4. The molecular weight excluding hydrogens is 156 g/mol. The number of aromatic nitrogens is 3. The Kier molecular flexibility index (Phi) is 1.43. The van der Waals surface area contributed by atoms with Crippen LogP contribution in [0.4, 0.5) is 5.69 Å². The quantitative estimate of drug-likeness (QED) is 0.455. The minimum absolute atomic E-state index is 0.468. The molecule has 0 radical (unpaired) electrons. The lowest BCUT2D eigenvalue weighted by Crippen LogP contribution is -1.85. The Morgan fingerprint density at radius 1 is 1.50 bits per heavy atom. The van der Waals surface area contributed by atoms with E-state index in [1.165, 1.54) is 12.3 Å². The lowest BCUT2D eigenvalue weighted by molar-refractivity contribution is 0.565. The van der Waals surface area contributed by atoms with Gasteiger partial charge in [0.15, 0.2) is 0 Å². The molecule has 5 nitrogen and oxygen atoms in total. The standard InChI is InChI=1S/C7H4N4O/c12-5-10-6-3-9-7-8-1-2-11(7)4-6/h1-4H. The van der Waals surface area contributed by atoms with E-state index >= 15 is 0 Å². The van der Waals surface area contributed by atoms with E-state index < -0.39 is 0 Å². The SMILES string of the molecule is O=C=Nc1cnc2nccn2c1. The fourth-order valence-electron chi connectivity index (χ4n) is 0.916. The Bertz CT molecular complexity index is 455. The summed E-state index contributed by atoms with van der Waals surface area (Å²) in [4.78, 5) is 21.2. The van der Waals surface area contributed by atoms with Crippen molar-refractivity contribution in [1.29, 1.82) is 0 Å². The highest BCUT2D eigenvalue weighted by Crippen LogP contribution is 2.08. The second-order valence-electron chi connectivity index (χ2n) is 2.15. The van der Waals surface area contributed by atoms with Crippen molar-refractivity contribution in [3.8, 4) is 0 Å². The van der Waals surface area contributed by atoms with Gasteiger partial charge in [-0.1, -0.05) is 0 Å². The molecule has 0 amide bonds. The van der Waals surface area contributed by atoms with Crippen molar-refractivity contribution < 1.29 is 4.79 Å². The van der Waals surface area contributed by atoms with Gasteiger partial charge >= 0.3 is 0 Å². The molecule has 5 heteroatoms. The minimum atomic E-state index is 0.468. The number of rotatable bonds is 1. The fourth-order valence-corrected chi connectivity index (χ4v) is 0.916. The van der Waals surface area contributed by atoms with E-state index in [0.29, 0.717) is 11.5 Å². The summed E-state index contributed by atoms with van der Waals surface area (Å²) in [6.07, 6.45) is 7.91. The van der Waals surface area contributed by atoms with Crippen LogP contribution in [0.15, 0.2) is 29.8 Å². The summed E-state index contributed by atoms with van der Waals surface area (Å²) in [5, 5.41) is 0. The molecule has 0 aliphatic heterocycles. The number of hydrogen-bond donors (Lipinski definition) is 0. The average Bonchev–Trinajstić information content (AvgIpc) is 2.51. The predicted molar refractivity (Wildman–Crippen MR) is 40.8 cm³/mol. The van der Waals surface area contributed by atoms with Crippen LogP contribution in [0, 0.1) is 0 Å². The van der Waals surface area contributed by atoms with Gasteiger partial charge in [0.05, 0.1) is 6.20 Å². The highest BCUT2D eigenvalue weighted by atomic mass is 16.1. The first-order valence-corrected chi connectivity index (χ1v) is 3.27. The molecule has 0 unspecified atom stereocenters. The molecule has 0 saturated heterocycles. The van der Waals surface area contributed by atoms with Crippen LogP contribution in [-0.4, -0.2) is 20.4 Å². The van der Waals surface area contributed by atoms with E-state index in [2.05, 4.69) is 15.0 Å². The third-order valence-electron chi connectivity index (χ3n) is 1.41. The molecule has 2 aromatic rings. The third-order valence-corrected chi connectivity index (χ3v) is 1.41. The Labute approximate surface area is 67.4 Å². The van der Waals surface area contributed by atoms with E-state index in [9.17, 15) is 4.79 Å². The van der Waals surface area contributed by atoms with E-state index in [4.69, 9.17) is 0 Å². The van der Waals surface area contributed by atoms with Crippen LogP contribution >= 0.6 is 0 Å². The lowest BCUT2D eigenvalue weighted by Gasteiger charge is -1.91. The van der Waals surface area contributed by atoms with Gasteiger partial charge in [-0.3, -0.25) is 4.40 Å². The second-order valence-corrected chi connectivity index (χ2v) is 2.15. The predicted octanol–water partition coefficient (Wildman–Crippen LogP) is 0.697. The molecule has 0 aliphatic carbocycles. The summed E-state index contributed by atoms with van der Waals surface area (Å²) < 4.78 is 1.68. The highest BCUT2D eigenvalue weighted by Gasteiger charge is 1.94. The first-order valence-electron chi connectivity index (χ1n) is 3.27. The second kappa shape index (κ2) is 2.56. The van der Waals surface area contributed by atoms with Crippen molar-refractivity contribution in [3.63, 3.8) is 0 Å². The number of aliphatic imine (C=N–C) groups is 1. The average molecular weight is 160 g/mol. The lowest BCUT2D eigenvalue weighted by atomic mass is 10.5. The molecule has 2 aromatic heterocycles. The van der Waals surface area contributed by atoms with Crippen LogP contribution in [0.2, 0.25) is 0 Å². The molecule has 0 atom stereocenters. The smallest absolute Gasteiger partial charge is 0.240 e. The van der Waals surface area contributed by atoms with Crippen molar-refractivity contribution in [2.24, 2.45) is 4.99 Å². The van der Waals surface area contributed by atoms with Gasteiger partial charge in [0.2, 0.25) is 11.9 Å². The van der Waals surface area contributed by atoms with Gasteiger partial charge in [0.25, 0.3) is 0 Å². The van der Waals surface area contributed by atoms with Crippen LogP contribution in [0.1, 0.15) is 0 Å². The summed E-state index contributed by atoms with van der Waals surface area (Å²) >= 11 is 0. The van der Waals surface area contributed by atoms with Gasteiger partial charge in [0.1, 0.15) is 5.69 Å². The molecule has 2 rings (SSSR count). The van der Waals surface area contributed by atoms with Gasteiger partial charge in [-0.15, -0.1) is 0 Å². The zero-order chi connectivity index (χ0) is 8.39. The summed E-state index contributed by atoms with van der Waals surface area (Å²) in [7, 11) is 0. The van der Waals surface area contributed by atoms with Crippen molar-refractivity contribution in [2.45, 2.75) is 0 Å². The molecule has 2 heterocycles. The molecule has 0 bridgehead atoms. The maximum Gasteiger partial charge on any atom is 0.240 e. The molecule has 0 N–H and O–H groups in total. The van der Waals surface area contributed by atoms with E-state index in [0.717, 1.165) is 0 Å². The van der Waals surface area contributed by atoms with Crippen LogP contribution in [-0.2, 0) is 4.79 Å². The normalized spacial score (nSPS) is 9.67. The zero-order valence-corrected chi connectivity index (χ0v) is 6.01. The molecule has 58 valence electrons. The zero-order valence-electron chi connectivity index (χ0n) is 6.01. The molecule has 0 spiro atoms. The Morgan fingerprint density at radius 3 is 3.25 bits per heavy atom. The number of hydrogen-bond acceptors (Lipinski definition) is 4. The van der Waals surface area contributed by atoms with Gasteiger partial charge < -0.3 is 0 Å². The van der Waals surface area contributed by atoms with Gasteiger partial charge in [-0.2, -0.15) is 4.99 Å². The number of imidazole rings is 1. The molecule has 12 heavy (non-hydrogen) atoms. The number of carbonyl (C=O) groups excluding carboxylic acids is 1. The van der Waals surface area contributed by atoms with E-state index in [1.807, 2.05) is 0 Å². The van der Waals surface area contributed by atoms with E-state index in [-0.39, 0.29) is 0 Å². The molecule has 0 fully saturated rings. The summed E-state index contributed by atoms with van der Waals surface area (Å²) in [6, 6.07) is 0. The van der Waals surface area contributed by atoms with Crippen LogP contribution < -0.4 is 0 Å². The van der Waals surface area contributed by atoms with Gasteiger partial charge in [-0.05, 0) is 0 Å². The molecule has 0 aliphatic rings. The summed E-state index contributed by atoms with van der Waals surface area (Å²) in [6.45, 7) is 0. The van der Waals surface area contributed by atoms with Crippen molar-refractivity contribution in [3.05, 3.63) is 24.8 Å². The largest absolute Gasteiger partial charge is 0.289 e. The maximum atomic E-state index is 9.90. The Balaban J connectivity index is 2.67. The third kappa shape index (κ3) is 0.980. The molecule has 0 aromatic carbocycles. The summed E-state index contributed by atoms with van der Waals surface area (Å²) in [5.74, 6) is 0.583.